The Hall–Kier alpha value is -1.36. The normalized spacial score (nSPS) is 12.7. The predicted octanol–water partition coefficient (Wildman–Crippen LogP) is 0.644. The highest BCUT2D eigenvalue weighted by Crippen LogP contribution is 2.00. The minimum atomic E-state index is -0.804. The molecule has 0 radical (unpaired) electrons. The fourth-order valence-corrected chi connectivity index (χ4v) is 1.44. The molecule has 1 aromatic heterocycles. The molecule has 15 heavy (non-hydrogen) atoms. The van der Waals surface area contributed by atoms with E-state index in [2.05, 4.69) is 10.4 Å². The number of nitrogens with one attached hydrogen (secondary N) is 1. The van der Waals surface area contributed by atoms with Gasteiger partial charge in [0.2, 0.25) is 0 Å². The third-order valence-corrected chi connectivity index (χ3v) is 2.31. The Balaban J connectivity index is 2.47. The lowest BCUT2D eigenvalue weighted by Gasteiger charge is -2.13. The van der Waals surface area contributed by atoms with Crippen LogP contribution in [0.1, 0.15) is 19.0 Å². The van der Waals surface area contributed by atoms with Gasteiger partial charge in [-0.15, -0.1) is 0 Å². The van der Waals surface area contributed by atoms with Crippen LogP contribution in [0.2, 0.25) is 0 Å². The van der Waals surface area contributed by atoms with Gasteiger partial charge in [-0.25, -0.2) is 0 Å². The van der Waals surface area contributed by atoms with E-state index >= 15 is 0 Å². The third-order valence-electron chi connectivity index (χ3n) is 2.31. The number of aromatic nitrogens is 2. The number of carboxylic acid groups (broad SMARTS) is 1. The molecule has 0 aliphatic heterocycles. The van der Waals surface area contributed by atoms with Gasteiger partial charge in [-0.05, 0) is 26.0 Å². The number of hydrogen-bond donors (Lipinski definition) is 2. The molecule has 5 nitrogen and oxygen atoms in total. The van der Waals surface area contributed by atoms with E-state index in [0.29, 0.717) is 19.5 Å². The molecular weight excluding hydrogens is 194 g/mol. The van der Waals surface area contributed by atoms with Gasteiger partial charge in [0.1, 0.15) is 6.04 Å². The van der Waals surface area contributed by atoms with Crippen molar-refractivity contribution in [3.05, 3.63) is 18.0 Å². The molecule has 0 aliphatic carbocycles. The Kier molecular flexibility index (Phi) is 4.30. The molecule has 5 heteroatoms. The number of aliphatic carboxylic acids is 1. The molecule has 0 saturated heterocycles. The molecule has 1 rings (SSSR count). The standard InChI is InChI=1S/C10H17N3O2/c1-3-11-9(10(14)15)5-7-13-8(2)4-6-12-13/h4,6,9,11H,3,5,7H2,1-2H3,(H,14,15). The zero-order valence-electron chi connectivity index (χ0n) is 9.10. The van der Waals surface area contributed by atoms with Crippen molar-refractivity contribution in [2.45, 2.75) is 32.9 Å². The molecule has 1 aromatic rings. The van der Waals surface area contributed by atoms with Crippen LogP contribution in [0.5, 0.6) is 0 Å². The maximum atomic E-state index is 10.8. The first-order chi connectivity index (χ1) is 7.15. The summed E-state index contributed by atoms with van der Waals surface area (Å²) in [6.07, 6.45) is 2.27. The highest BCUT2D eigenvalue weighted by Gasteiger charge is 2.15. The molecule has 0 aliphatic rings. The second-order valence-corrected chi connectivity index (χ2v) is 3.43. The van der Waals surface area contributed by atoms with Gasteiger partial charge in [0.05, 0.1) is 0 Å². The summed E-state index contributed by atoms with van der Waals surface area (Å²) in [5.74, 6) is -0.804. The maximum absolute atomic E-state index is 10.8. The number of nitrogens with zero attached hydrogens (tertiary/aromatic N) is 2. The van der Waals surface area contributed by atoms with Crippen LogP contribution in [-0.4, -0.2) is 33.4 Å². The van der Waals surface area contributed by atoms with Crippen LogP contribution >= 0.6 is 0 Å². The van der Waals surface area contributed by atoms with Crippen LogP contribution in [0.3, 0.4) is 0 Å². The molecule has 0 saturated carbocycles. The number of hydrogen-bond acceptors (Lipinski definition) is 3. The topological polar surface area (TPSA) is 67.2 Å². The van der Waals surface area contributed by atoms with Gasteiger partial charge < -0.3 is 10.4 Å². The van der Waals surface area contributed by atoms with Crippen molar-refractivity contribution < 1.29 is 9.90 Å². The third kappa shape index (κ3) is 3.36. The van der Waals surface area contributed by atoms with Crippen molar-refractivity contribution in [1.29, 1.82) is 0 Å². The van der Waals surface area contributed by atoms with Crippen molar-refractivity contribution in [2.75, 3.05) is 6.54 Å². The Morgan fingerprint density at radius 1 is 1.73 bits per heavy atom. The van der Waals surface area contributed by atoms with Crippen LogP contribution in [0.4, 0.5) is 0 Å². The number of aryl methyl sites for hydroxylation is 2. The summed E-state index contributed by atoms with van der Waals surface area (Å²) in [5.41, 5.74) is 1.05. The Morgan fingerprint density at radius 3 is 2.93 bits per heavy atom. The lowest BCUT2D eigenvalue weighted by Crippen LogP contribution is -2.37. The van der Waals surface area contributed by atoms with Gasteiger partial charge in [-0.1, -0.05) is 6.92 Å². The molecule has 84 valence electrons. The van der Waals surface area contributed by atoms with Gasteiger partial charge >= 0.3 is 5.97 Å². The Morgan fingerprint density at radius 2 is 2.47 bits per heavy atom. The minimum absolute atomic E-state index is 0.487. The van der Waals surface area contributed by atoms with E-state index in [1.165, 1.54) is 0 Å². The number of carbonyl (C=O) groups is 1. The highest BCUT2D eigenvalue weighted by atomic mass is 16.4. The van der Waals surface area contributed by atoms with Crippen LogP contribution in [0.15, 0.2) is 12.3 Å². The van der Waals surface area contributed by atoms with Crippen LogP contribution < -0.4 is 5.32 Å². The molecule has 2 N–H and O–H groups in total. The molecular formula is C10H17N3O2. The summed E-state index contributed by atoms with van der Waals surface area (Å²) < 4.78 is 1.81. The van der Waals surface area contributed by atoms with E-state index in [4.69, 9.17) is 5.11 Å². The van der Waals surface area contributed by atoms with Crippen molar-refractivity contribution in [1.82, 2.24) is 15.1 Å². The fourth-order valence-electron chi connectivity index (χ4n) is 1.44. The highest BCUT2D eigenvalue weighted by molar-refractivity contribution is 5.73. The first-order valence-corrected chi connectivity index (χ1v) is 5.09. The van der Waals surface area contributed by atoms with Crippen molar-refractivity contribution >= 4 is 5.97 Å². The fraction of sp³-hybridized carbons (Fsp3) is 0.600. The first kappa shape index (κ1) is 11.7. The average molecular weight is 211 g/mol. The molecule has 0 bridgehead atoms. The van der Waals surface area contributed by atoms with Crippen molar-refractivity contribution in [3.63, 3.8) is 0 Å². The lowest BCUT2D eigenvalue weighted by atomic mass is 10.2. The molecule has 1 unspecified atom stereocenters. The zero-order valence-corrected chi connectivity index (χ0v) is 9.10. The van der Waals surface area contributed by atoms with E-state index < -0.39 is 12.0 Å². The van der Waals surface area contributed by atoms with Gasteiger partial charge in [-0.3, -0.25) is 9.48 Å². The second kappa shape index (κ2) is 5.50. The molecule has 0 fully saturated rings. The SMILES string of the molecule is CCNC(CCn1nccc1C)C(=O)O. The van der Waals surface area contributed by atoms with Crippen LogP contribution in [-0.2, 0) is 11.3 Å². The van der Waals surface area contributed by atoms with Crippen LogP contribution in [0.25, 0.3) is 0 Å². The number of rotatable bonds is 6. The van der Waals surface area contributed by atoms with Crippen LogP contribution in [0, 0.1) is 6.92 Å². The quantitative estimate of drug-likeness (QED) is 0.724. The Bertz CT molecular complexity index is 322. The minimum Gasteiger partial charge on any atom is -0.480 e. The maximum Gasteiger partial charge on any atom is 0.320 e. The smallest absolute Gasteiger partial charge is 0.320 e. The predicted molar refractivity (Wildman–Crippen MR) is 56.7 cm³/mol. The molecule has 1 heterocycles. The lowest BCUT2D eigenvalue weighted by molar-refractivity contribution is -0.139. The largest absolute Gasteiger partial charge is 0.480 e. The van der Waals surface area contributed by atoms with E-state index in [0.717, 1.165) is 5.69 Å². The Labute approximate surface area is 89.1 Å². The summed E-state index contributed by atoms with van der Waals surface area (Å²) in [6.45, 7) is 5.14. The van der Waals surface area contributed by atoms with E-state index in [-0.39, 0.29) is 0 Å². The summed E-state index contributed by atoms with van der Waals surface area (Å²) >= 11 is 0. The average Bonchev–Trinajstić information content (AvgIpc) is 2.58. The van der Waals surface area contributed by atoms with E-state index in [9.17, 15) is 4.79 Å². The summed E-state index contributed by atoms with van der Waals surface area (Å²) in [7, 11) is 0. The molecule has 0 amide bonds. The van der Waals surface area contributed by atoms with Crippen molar-refractivity contribution in [2.24, 2.45) is 0 Å². The molecule has 0 spiro atoms. The summed E-state index contributed by atoms with van der Waals surface area (Å²) in [5, 5.41) is 15.9. The summed E-state index contributed by atoms with van der Waals surface area (Å²) in [4.78, 5) is 10.8. The summed E-state index contributed by atoms with van der Waals surface area (Å²) in [6, 6.07) is 1.42. The second-order valence-electron chi connectivity index (χ2n) is 3.43. The van der Waals surface area contributed by atoms with Crippen molar-refractivity contribution in [3.8, 4) is 0 Å². The number of carboxylic acids is 1. The van der Waals surface area contributed by atoms with E-state index in [1.54, 1.807) is 6.20 Å². The van der Waals surface area contributed by atoms with Gasteiger partial charge in [0, 0.05) is 18.4 Å². The van der Waals surface area contributed by atoms with Gasteiger partial charge in [0.15, 0.2) is 0 Å². The van der Waals surface area contributed by atoms with Gasteiger partial charge in [-0.2, -0.15) is 5.10 Å². The first-order valence-electron chi connectivity index (χ1n) is 5.09. The monoisotopic (exact) mass is 211 g/mol. The van der Waals surface area contributed by atoms with Gasteiger partial charge in [0.25, 0.3) is 0 Å². The zero-order chi connectivity index (χ0) is 11.3. The molecule has 0 aromatic carbocycles. The number of likely N-dealkylation sites (N-methyl/N-ethyl adjacent to an activating group) is 1. The van der Waals surface area contributed by atoms with E-state index in [1.807, 2.05) is 24.6 Å². The molecule has 1 atom stereocenters.